The van der Waals surface area contributed by atoms with Crippen molar-refractivity contribution in [1.82, 2.24) is 9.78 Å². The highest BCUT2D eigenvalue weighted by Gasteiger charge is 2.05. The summed E-state index contributed by atoms with van der Waals surface area (Å²) in [5, 5.41) is 4.06. The summed E-state index contributed by atoms with van der Waals surface area (Å²) in [6.45, 7) is 6.22. The number of hydrogen-bond acceptors (Lipinski definition) is 1. The molecular weight excluding hydrogens is 192 g/mol. The van der Waals surface area contributed by atoms with Gasteiger partial charge in [-0.3, -0.25) is 4.68 Å². The fraction of sp³-hybridized carbons (Fsp3) is 0.571. The summed E-state index contributed by atoms with van der Waals surface area (Å²) in [4.78, 5) is 0. The summed E-state index contributed by atoms with van der Waals surface area (Å²) < 4.78 is 2.89. The molecule has 0 saturated heterocycles. The molecule has 0 aromatic carbocycles. The van der Waals surface area contributed by atoms with Gasteiger partial charge in [0.25, 0.3) is 0 Å². The molecule has 3 heteroatoms. The number of aromatic nitrogens is 2. The second-order valence-electron chi connectivity index (χ2n) is 2.55. The summed E-state index contributed by atoms with van der Waals surface area (Å²) in [6.07, 6.45) is 2.85. The maximum absolute atomic E-state index is 4.06. The van der Waals surface area contributed by atoms with Crippen LogP contribution < -0.4 is 0 Å². The summed E-state index contributed by atoms with van der Waals surface area (Å²) in [6, 6.07) is 0.419. The maximum atomic E-state index is 4.06. The molecule has 0 N–H and O–H groups in total. The first-order chi connectivity index (χ1) is 4.63. The molecule has 1 rings (SSSR count). The van der Waals surface area contributed by atoms with E-state index in [1.807, 2.05) is 11.6 Å². The summed E-state index contributed by atoms with van der Waals surface area (Å²) in [5.41, 5.74) is 1.13. The van der Waals surface area contributed by atoms with Gasteiger partial charge in [0.15, 0.2) is 0 Å². The van der Waals surface area contributed by atoms with Crippen LogP contribution in [0.15, 0.2) is 4.47 Å². The first-order valence-electron chi connectivity index (χ1n) is 3.25. The molecule has 1 aromatic rings. The Morgan fingerprint density at radius 2 is 2.20 bits per heavy atom. The number of nitrogens with zero attached hydrogens (tertiary/aromatic N) is 2. The first kappa shape index (κ1) is 7.79. The SMILES string of the molecule is Cc1c(Br)[c]nn1C(C)C. The van der Waals surface area contributed by atoms with Gasteiger partial charge in [0.05, 0.1) is 10.2 Å². The third-order valence-corrected chi connectivity index (χ3v) is 2.16. The number of rotatable bonds is 1. The molecule has 0 atom stereocenters. The zero-order valence-corrected chi connectivity index (χ0v) is 7.94. The molecule has 0 saturated carbocycles. The molecule has 0 spiro atoms. The molecule has 0 aliphatic carbocycles. The van der Waals surface area contributed by atoms with Gasteiger partial charge in [-0.1, -0.05) is 0 Å². The van der Waals surface area contributed by atoms with E-state index in [-0.39, 0.29) is 0 Å². The lowest BCUT2D eigenvalue weighted by atomic mass is 10.4. The maximum Gasteiger partial charge on any atom is 0.128 e. The quantitative estimate of drug-likeness (QED) is 0.683. The first-order valence-corrected chi connectivity index (χ1v) is 4.04. The lowest BCUT2D eigenvalue weighted by Gasteiger charge is -2.06. The molecule has 0 bridgehead atoms. The van der Waals surface area contributed by atoms with Gasteiger partial charge in [0.1, 0.15) is 6.20 Å². The predicted octanol–water partition coefficient (Wildman–Crippen LogP) is 2.34. The van der Waals surface area contributed by atoms with Crippen LogP contribution in [0.4, 0.5) is 0 Å². The van der Waals surface area contributed by atoms with Gasteiger partial charge in [0.2, 0.25) is 0 Å². The topological polar surface area (TPSA) is 17.8 Å². The molecule has 0 fully saturated rings. The lowest BCUT2D eigenvalue weighted by Crippen LogP contribution is -2.04. The highest BCUT2D eigenvalue weighted by Crippen LogP contribution is 2.16. The zero-order valence-electron chi connectivity index (χ0n) is 6.35. The van der Waals surface area contributed by atoms with Gasteiger partial charge in [-0.05, 0) is 36.7 Å². The fourth-order valence-electron chi connectivity index (χ4n) is 0.857. The van der Waals surface area contributed by atoms with Crippen molar-refractivity contribution in [2.45, 2.75) is 26.8 Å². The Labute approximate surface area is 69.4 Å². The molecule has 55 valence electrons. The lowest BCUT2D eigenvalue weighted by molar-refractivity contribution is 0.518. The molecule has 1 heterocycles. The van der Waals surface area contributed by atoms with E-state index < -0.39 is 0 Å². The number of hydrogen-bond donors (Lipinski definition) is 0. The second-order valence-corrected chi connectivity index (χ2v) is 3.34. The Kier molecular flexibility index (Phi) is 2.14. The molecule has 0 aliphatic rings. The van der Waals surface area contributed by atoms with E-state index in [0.29, 0.717) is 6.04 Å². The van der Waals surface area contributed by atoms with Crippen LogP contribution in [0.1, 0.15) is 25.6 Å². The minimum absolute atomic E-state index is 0.419. The average Bonchev–Trinajstić information content (AvgIpc) is 2.14. The molecule has 1 radical (unpaired) electrons. The Balaban J connectivity index is 3.05. The van der Waals surface area contributed by atoms with E-state index >= 15 is 0 Å². The van der Waals surface area contributed by atoms with Crippen LogP contribution in [-0.4, -0.2) is 9.78 Å². The highest BCUT2D eigenvalue weighted by molar-refractivity contribution is 9.10. The predicted molar refractivity (Wildman–Crippen MR) is 43.9 cm³/mol. The zero-order chi connectivity index (χ0) is 7.72. The molecular formula is C7H10BrN2. The molecule has 0 unspecified atom stereocenters. The van der Waals surface area contributed by atoms with Crippen molar-refractivity contribution in [1.29, 1.82) is 0 Å². The van der Waals surface area contributed by atoms with Crippen LogP contribution in [-0.2, 0) is 0 Å². The Bertz CT molecular complexity index is 228. The smallest absolute Gasteiger partial charge is 0.128 e. The Hall–Kier alpha value is -0.310. The van der Waals surface area contributed by atoms with E-state index in [2.05, 4.69) is 41.1 Å². The minimum Gasteiger partial charge on any atom is -0.266 e. The van der Waals surface area contributed by atoms with Gasteiger partial charge >= 0.3 is 0 Å². The average molecular weight is 202 g/mol. The van der Waals surface area contributed by atoms with Gasteiger partial charge in [-0.15, -0.1) is 0 Å². The van der Waals surface area contributed by atoms with E-state index in [0.717, 1.165) is 10.2 Å². The van der Waals surface area contributed by atoms with Crippen molar-refractivity contribution in [3.63, 3.8) is 0 Å². The van der Waals surface area contributed by atoms with Crippen molar-refractivity contribution in [3.8, 4) is 0 Å². The van der Waals surface area contributed by atoms with Gasteiger partial charge < -0.3 is 0 Å². The van der Waals surface area contributed by atoms with Crippen molar-refractivity contribution in [3.05, 3.63) is 16.4 Å². The van der Waals surface area contributed by atoms with Crippen LogP contribution >= 0.6 is 15.9 Å². The standard InChI is InChI=1S/C7H10BrN2/c1-5(2)10-6(3)7(8)4-9-10/h5H,1-3H3. The second kappa shape index (κ2) is 2.74. The van der Waals surface area contributed by atoms with Gasteiger partial charge in [-0.2, -0.15) is 5.10 Å². The molecule has 0 amide bonds. The largest absolute Gasteiger partial charge is 0.266 e. The summed E-state index contributed by atoms with van der Waals surface area (Å²) >= 11 is 3.35. The van der Waals surface area contributed by atoms with E-state index in [9.17, 15) is 0 Å². The Morgan fingerprint density at radius 1 is 1.60 bits per heavy atom. The van der Waals surface area contributed by atoms with Gasteiger partial charge in [-0.25, -0.2) is 0 Å². The normalized spacial score (nSPS) is 10.9. The third kappa shape index (κ3) is 1.24. The van der Waals surface area contributed by atoms with Crippen molar-refractivity contribution < 1.29 is 0 Å². The van der Waals surface area contributed by atoms with Gasteiger partial charge in [0, 0.05) is 6.04 Å². The van der Waals surface area contributed by atoms with Crippen LogP contribution in [0.25, 0.3) is 0 Å². The van der Waals surface area contributed by atoms with E-state index in [1.54, 1.807) is 0 Å². The van der Waals surface area contributed by atoms with Crippen molar-refractivity contribution in [2.24, 2.45) is 0 Å². The molecule has 0 aliphatic heterocycles. The molecule has 1 aromatic heterocycles. The van der Waals surface area contributed by atoms with E-state index in [1.165, 1.54) is 0 Å². The Morgan fingerprint density at radius 3 is 2.40 bits per heavy atom. The van der Waals surface area contributed by atoms with Crippen LogP contribution in [0.3, 0.4) is 0 Å². The minimum atomic E-state index is 0.419. The monoisotopic (exact) mass is 201 g/mol. The highest BCUT2D eigenvalue weighted by atomic mass is 79.9. The third-order valence-electron chi connectivity index (χ3n) is 1.41. The van der Waals surface area contributed by atoms with Crippen LogP contribution in [0.2, 0.25) is 0 Å². The van der Waals surface area contributed by atoms with Crippen LogP contribution in [0, 0.1) is 13.1 Å². The number of halogens is 1. The summed E-state index contributed by atoms with van der Waals surface area (Å²) in [7, 11) is 0. The van der Waals surface area contributed by atoms with E-state index in [4.69, 9.17) is 0 Å². The molecule has 10 heavy (non-hydrogen) atoms. The fourth-order valence-corrected chi connectivity index (χ4v) is 1.12. The molecule has 2 nitrogen and oxygen atoms in total. The van der Waals surface area contributed by atoms with Crippen molar-refractivity contribution >= 4 is 15.9 Å². The van der Waals surface area contributed by atoms with Crippen LogP contribution in [0.5, 0.6) is 0 Å². The summed E-state index contributed by atoms with van der Waals surface area (Å²) in [5.74, 6) is 0. The van der Waals surface area contributed by atoms with Crippen molar-refractivity contribution in [2.75, 3.05) is 0 Å².